The van der Waals surface area contributed by atoms with Gasteiger partial charge >= 0.3 is 5.97 Å². The fourth-order valence-electron chi connectivity index (χ4n) is 1.65. The van der Waals surface area contributed by atoms with Crippen LogP contribution in [0.5, 0.6) is 5.75 Å². The molecule has 0 aliphatic rings. The number of allylic oxidation sites excluding steroid dienone is 1. The fraction of sp³-hybridized carbons (Fsp3) is 0.357. The van der Waals surface area contributed by atoms with Gasteiger partial charge in [-0.05, 0) is 48.3 Å². The fourth-order valence-corrected chi connectivity index (χ4v) is 2.26. The third kappa shape index (κ3) is 3.60. The lowest BCUT2D eigenvalue weighted by Crippen LogP contribution is -2.05. The third-order valence-electron chi connectivity index (χ3n) is 2.32. The van der Waals surface area contributed by atoms with Crippen LogP contribution in [0.4, 0.5) is 0 Å². The Kier molecular flexibility index (Phi) is 5.41. The number of halogens is 1. The molecule has 0 saturated heterocycles. The number of hydrogen-bond acceptors (Lipinski definition) is 3. The normalized spacial score (nSPS) is 10.0. The summed E-state index contributed by atoms with van der Waals surface area (Å²) in [4.78, 5) is 11.6. The summed E-state index contributed by atoms with van der Waals surface area (Å²) in [5.74, 6) is 0.398. The van der Waals surface area contributed by atoms with Crippen molar-refractivity contribution in [1.82, 2.24) is 0 Å². The van der Waals surface area contributed by atoms with Gasteiger partial charge in [-0.3, -0.25) is 0 Å². The lowest BCUT2D eigenvalue weighted by molar-refractivity contribution is 0.0600. The van der Waals surface area contributed by atoms with Crippen LogP contribution in [0.2, 0.25) is 0 Å². The van der Waals surface area contributed by atoms with Gasteiger partial charge in [0.15, 0.2) is 0 Å². The molecule has 1 aromatic carbocycles. The van der Waals surface area contributed by atoms with Crippen LogP contribution in [0, 0.1) is 0 Å². The first kappa shape index (κ1) is 14.8. The van der Waals surface area contributed by atoms with E-state index in [0.717, 1.165) is 21.4 Å². The largest absolute Gasteiger partial charge is 0.492 e. The van der Waals surface area contributed by atoms with Crippen molar-refractivity contribution < 1.29 is 14.3 Å². The molecule has 0 spiro atoms. The van der Waals surface area contributed by atoms with E-state index in [2.05, 4.69) is 22.5 Å². The quantitative estimate of drug-likeness (QED) is 0.613. The van der Waals surface area contributed by atoms with Crippen LogP contribution >= 0.6 is 15.9 Å². The molecular weight excluding hydrogens is 296 g/mol. The molecule has 0 bridgehead atoms. The average Bonchev–Trinajstić information content (AvgIpc) is 2.31. The molecule has 0 atom stereocenters. The molecule has 0 aromatic heterocycles. The van der Waals surface area contributed by atoms with Crippen LogP contribution < -0.4 is 4.74 Å². The maximum Gasteiger partial charge on any atom is 0.337 e. The first-order valence-electron chi connectivity index (χ1n) is 5.67. The topological polar surface area (TPSA) is 35.5 Å². The highest BCUT2D eigenvalue weighted by Gasteiger charge is 2.15. The van der Waals surface area contributed by atoms with Gasteiger partial charge in [0.2, 0.25) is 0 Å². The van der Waals surface area contributed by atoms with Crippen molar-refractivity contribution in [2.75, 3.05) is 13.7 Å². The summed E-state index contributed by atoms with van der Waals surface area (Å²) in [5, 5.41) is 0. The second kappa shape index (κ2) is 6.59. The molecular formula is C14H17BrO3. The van der Waals surface area contributed by atoms with Gasteiger partial charge in [0.05, 0.1) is 23.8 Å². The Bertz CT molecular complexity index is 466. The van der Waals surface area contributed by atoms with E-state index >= 15 is 0 Å². The van der Waals surface area contributed by atoms with Crippen LogP contribution in [-0.4, -0.2) is 19.7 Å². The molecule has 0 heterocycles. The number of ether oxygens (including phenoxy) is 2. The van der Waals surface area contributed by atoms with Crippen molar-refractivity contribution in [2.45, 2.75) is 20.3 Å². The molecule has 0 aliphatic carbocycles. The van der Waals surface area contributed by atoms with E-state index in [-0.39, 0.29) is 5.97 Å². The number of carbonyl (C=O) groups excluding carboxylic acids is 1. The SMILES string of the molecule is C=C(C)Cc1cc(C(=O)OC)cc(Br)c1OCC. The summed E-state index contributed by atoms with van der Waals surface area (Å²) < 4.78 is 11.1. The zero-order chi connectivity index (χ0) is 13.7. The van der Waals surface area contributed by atoms with Gasteiger partial charge in [0.1, 0.15) is 5.75 Å². The number of methoxy groups -OCH3 is 1. The Hall–Kier alpha value is -1.29. The summed E-state index contributed by atoms with van der Waals surface area (Å²) in [7, 11) is 1.37. The summed E-state index contributed by atoms with van der Waals surface area (Å²) in [6.07, 6.45) is 0.665. The Morgan fingerprint density at radius 1 is 1.44 bits per heavy atom. The highest BCUT2D eigenvalue weighted by atomic mass is 79.9. The standard InChI is InChI=1S/C14H17BrO3/c1-5-18-13-10(6-9(2)3)7-11(8-12(13)15)14(16)17-4/h7-8H,2,5-6H2,1,3-4H3. The maximum atomic E-state index is 11.6. The minimum atomic E-state index is -0.360. The molecule has 4 heteroatoms. The molecule has 3 nitrogen and oxygen atoms in total. The van der Waals surface area contributed by atoms with Crippen LogP contribution in [0.1, 0.15) is 29.8 Å². The van der Waals surface area contributed by atoms with E-state index < -0.39 is 0 Å². The lowest BCUT2D eigenvalue weighted by atomic mass is 10.0. The Balaban J connectivity index is 3.26. The average molecular weight is 313 g/mol. The first-order chi connectivity index (χ1) is 8.49. The smallest absolute Gasteiger partial charge is 0.337 e. The van der Waals surface area contributed by atoms with E-state index in [0.29, 0.717) is 18.6 Å². The number of carbonyl (C=O) groups is 1. The molecule has 98 valence electrons. The van der Waals surface area contributed by atoms with E-state index in [9.17, 15) is 4.79 Å². The molecule has 0 unspecified atom stereocenters. The Morgan fingerprint density at radius 2 is 2.11 bits per heavy atom. The molecule has 0 amide bonds. The van der Waals surface area contributed by atoms with Crippen LogP contribution in [0.3, 0.4) is 0 Å². The molecule has 0 fully saturated rings. The monoisotopic (exact) mass is 312 g/mol. The maximum absolute atomic E-state index is 11.6. The van der Waals surface area contributed by atoms with Gasteiger partial charge in [0.25, 0.3) is 0 Å². The minimum Gasteiger partial charge on any atom is -0.492 e. The van der Waals surface area contributed by atoms with Crippen molar-refractivity contribution in [3.05, 3.63) is 39.9 Å². The predicted octanol–water partition coefficient (Wildman–Crippen LogP) is 3.75. The molecule has 1 aromatic rings. The van der Waals surface area contributed by atoms with Gasteiger partial charge < -0.3 is 9.47 Å². The molecule has 0 aliphatic heterocycles. The van der Waals surface area contributed by atoms with E-state index in [1.165, 1.54) is 7.11 Å². The Labute approximate surface area is 116 Å². The van der Waals surface area contributed by atoms with E-state index in [1.807, 2.05) is 13.8 Å². The van der Waals surface area contributed by atoms with E-state index in [4.69, 9.17) is 9.47 Å². The molecule has 0 N–H and O–H groups in total. The molecule has 18 heavy (non-hydrogen) atoms. The number of benzene rings is 1. The number of hydrogen-bond donors (Lipinski definition) is 0. The van der Waals surface area contributed by atoms with Crippen molar-refractivity contribution in [3.63, 3.8) is 0 Å². The second-order valence-electron chi connectivity index (χ2n) is 4.00. The number of esters is 1. The first-order valence-corrected chi connectivity index (χ1v) is 6.46. The van der Waals surface area contributed by atoms with Crippen LogP contribution in [0.25, 0.3) is 0 Å². The lowest BCUT2D eigenvalue weighted by Gasteiger charge is -2.14. The molecule has 1 rings (SSSR count). The summed E-state index contributed by atoms with van der Waals surface area (Å²) in [5.41, 5.74) is 2.44. The zero-order valence-corrected chi connectivity index (χ0v) is 12.5. The highest BCUT2D eigenvalue weighted by molar-refractivity contribution is 9.10. The van der Waals surface area contributed by atoms with Gasteiger partial charge in [-0.2, -0.15) is 0 Å². The zero-order valence-electron chi connectivity index (χ0n) is 10.9. The van der Waals surface area contributed by atoms with Crippen molar-refractivity contribution >= 4 is 21.9 Å². The summed E-state index contributed by atoms with van der Waals surface area (Å²) in [6.45, 7) is 8.32. The van der Waals surface area contributed by atoms with Crippen LogP contribution in [-0.2, 0) is 11.2 Å². The summed E-state index contributed by atoms with van der Waals surface area (Å²) >= 11 is 3.42. The van der Waals surface area contributed by atoms with Gasteiger partial charge in [-0.1, -0.05) is 12.2 Å². The highest BCUT2D eigenvalue weighted by Crippen LogP contribution is 2.32. The summed E-state index contributed by atoms with van der Waals surface area (Å²) in [6, 6.07) is 3.50. The van der Waals surface area contributed by atoms with Crippen molar-refractivity contribution in [3.8, 4) is 5.75 Å². The minimum absolute atomic E-state index is 0.360. The van der Waals surface area contributed by atoms with Crippen molar-refractivity contribution in [2.24, 2.45) is 0 Å². The van der Waals surface area contributed by atoms with Gasteiger partial charge in [0, 0.05) is 5.56 Å². The van der Waals surface area contributed by atoms with Crippen molar-refractivity contribution in [1.29, 1.82) is 0 Å². The predicted molar refractivity (Wildman–Crippen MR) is 75.2 cm³/mol. The van der Waals surface area contributed by atoms with Gasteiger partial charge in [-0.25, -0.2) is 4.79 Å². The second-order valence-corrected chi connectivity index (χ2v) is 4.86. The molecule has 0 saturated carbocycles. The van der Waals surface area contributed by atoms with Gasteiger partial charge in [-0.15, -0.1) is 0 Å². The molecule has 0 radical (unpaired) electrons. The van der Waals surface area contributed by atoms with Crippen LogP contribution in [0.15, 0.2) is 28.8 Å². The third-order valence-corrected chi connectivity index (χ3v) is 2.91. The van der Waals surface area contributed by atoms with E-state index in [1.54, 1.807) is 12.1 Å². The Morgan fingerprint density at radius 3 is 2.61 bits per heavy atom. The number of rotatable bonds is 5.